The van der Waals surface area contributed by atoms with Gasteiger partial charge in [0.05, 0.1) is 12.1 Å². The van der Waals surface area contributed by atoms with Crippen molar-refractivity contribution in [3.63, 3.8) is 0 Å². The van der Waals surface area contributed by atoms with Crippen LogP contribution in [-0.2, 0) is 0 Å². The Balaban J connectivity index is 2.12. The van der Waals surface area contributed by atoms with Crippen LogP contribution < -0.4 is 5.32 Å². The molecule has 1 aromatic carbocycles. The Kier molecular flexibility index (Phi) is 2.96. The maximum atomic E-state index is 9.75. The molecular weight excluding hydrogens is 186 g/mol. The Morgan fingerprint density at radius 2 is 2.07 bits per heavy atom. The molecule has 0 amide bonds. The fourth-order valence-electron chi connectivity index (χ4n) is 2.20. The van der Waals surface area contributed by atoms with Gasteiger partial charge in [-0.2, -0.15) is 0 Å². The number of aryl methyl sites for hydroxylation is 2. The molecule has 2 unspecified atom stereocenters. The number of anilines is 1. The molecule has 2 heteroatoms. The summed E-state index contributed by atoms with van der Waals surface area (Å²) in [5, 5.41) is 13.2. The van der Waals surface area contributed by atoms with Crippen LogP contribution in [0.3, 0.4) is 0 Å². The van der Waals surface area contributed by atoms with Crippen LogP contribution in [0.1, 0.15) is 30.4 Å². The lowest BCUT2D eigenvalue weighted by atomic mass is 10.1. The van der Waals surface area contributed by atoms with Crippen LogP contribution >= 0.6 is 0 Å². The summed E-state index contributed by atoms with van der Waals surface area (Å²) in [6.07, 6.45) is 2.96. The molecule has 0 radical (unpaired) electrons. The summed E-state index contributed by atoms with van der Waals surface area (Å²) in [6, 6.07) is 6.64. The maximum absolute atomic E-state index is 9.75. The minimum atomic E-state index is -0.176. The molecule has 1 fully saturated rings. The van der Waals surface area contributed by atoms with E-state index >= 15 is 0 Å². The van der Waals surface area contributed by atoms with Gasteiger partial charge in [-0.15, -0.1) is 0 Å². The van der Waals surface area contributed by atoms with Gasteiger partial charge in [-0.25, -0.2) is 0 Å². The molecule has 1 aliphatic carbocycles. The van der Waals surface area contributed by atoms with Gasteiger partial charge in [0.15, 0.2) is 0 Å². The third-order valence-electron chi connectivity index (χ3n) is 3.21. The highest BCUT2D eigenvalue weighted by atomic mass is 16.3. The molecule has 2 rings (SSSR count). The highest BCUT2D eigenvalue weighted by Gasteiger charge is 2.25. The second-order valence-electron chi connectivity index (χ2n) is 4.57. The van der Waals surface area contributed by atoms with Crippen molar-refractivity contribution in [3.8, 4) is 0 Å². The van der Waals surface area contributed by atoms with Crippen LogP contribution in [0.4, 0.5) is 5.69 Å². The lowest BCUT2D eigenvalue weighted by Gasteiger charge is -2.19. The fourth-order valence-corrected chi connectivity index (χ4v) is 2.20. The first kappa shape index (κ1) is 10.5. The number of rotatable bonds is 2. The summed E-state index contributed by atoms with van der Waals surface area (Å²) in [4.78, 5) is 0. The first-order valence-corrected chi connectivity index (χ1v) is 5.68. The van der Waals surface area contributed by atoms with E-state index in [4.69, 9.17) is 0 Å². The molecular formula is C13H19NO. The molecule has 15 heavy (non-hydrogen) atoms. The SMILES string of the molecule is Cc1ccc(C)c(NC2CCCC2O)c1. The van der Waals surface area contributed by atoms with Crippen molar-refractivity contribution in [2.24, 2.45) is 0 Å². The van der Waals surface area contributed by atoms with Crippen LogP contribution in [0.25, 0.3) is 0 Å². The van der Waals surface area contributed by atoms with E-state index in [0.29, 0.717) is 0 Å². The van der Waals surface area contributed by atoms with E-state index < -0.39 is 0 Å². The Hall–Kier alpha value is -1.02. The molecule has 2 nitrogen and oxygen atoms in total. The monoisotopic (exact) mass is 205 g/mol. The van der Waals surface area contributed by atoms with Crippen molar-refractivity contribution in [2.75, 3.05) is 5.32 Å². The van der Waals surface area contributed by atoms with Gasteiger partial charge < -0.3 is 10.4 Å². The highest BCUT2D eigenvalue weighted by molar-refractivity contribution is 5.53. The number of aliphatic hydroxyl groups is 1. The van der Waals surface area contributed by atoms with E-state index in [1.165, 1.54) is 16.8 Å². The van der Waals surface area contributed by atoms with Gasteiger partial charge in [0.1, 0.15) is 0 Å². The lowest BCUT2D eigenvalue weighted by Crippen LogP contribution is -2.28. The molecule has 0 spiro atoms. The molecule has 2 N–H and O–H groups in total. The summed E-state index contributed by atoms with van der Waals surface area (Å²) in [7, 11) is 0. The first-order valence-electron chi connectivity index (χ1n) is 5.68. The average Bonchev–Trinajstić information content (AvgIpc) is 2.58. The van der Waals surface area contributed by atoms with Crippen molar-refractivity contribution in [1.82, 2.24) is 0 Å². The molecule has 0 aliphatic heterocycles. The number of hydrogen-bond acceptors (Lipinski definition) is 2. The Morgan fingerprint density at radius 1 is 1.27 bits per heavy atom. The van der Waals surface area contributed by atoms with Crippen molar-refractivity contribution < 1.29 is 5.11 Å². The summed E-state index contributed by atoms with van der Waals surface area (Å²) >= 11 is 0. The quantitative estimate of drug-likeness (QED) is 0.778. The van der Waals surface area contributed by atoms with Gasteiger partial charge in [-0.1, -0.05) is 12.1 Å². The van der Waals surface area contributed by atoms with E-state index in [2.05, 4.69) is 37.4 Å². The largest absolute Gasteiger partial charge is 0.391 e. The molecule has 0 saturated heterocycles. The van der Waals surface area contributed by atoms with Crippen LogP contribution in [0.5, 0.6) is 0 Å². The van der Waals surface area contributed by atoms with Gasteiger partial charge >= 0.3 is 0 Å². The number of aliphatic hydroxyl groups excluding tert-OH is 1. The summed E-state index contributed by atoms with van der Waals surface area (Å²) in [5.41, 5.74) is 3.68. The zero-order chi connectivity index (χ0) is 10.8. The van der Waals surface area contributed by atoms with Crippen molar-refractivity contribution in [3.05, 3.63) is 29.3 Å². The van der Waals surface area contributed by atoms with Gasteiger partial charge in [0.2, 0.25) is 0 Å². The Labute approximate surface area is 91.3 Å². The Bertz CT molecular complexity index is 348. The first-order chi connectivity index (χ1) is 7.16. The predicted octanol–water partition coefficient (Wildman–Crippen LogP) is 2.63. The highest BCUT2D eigenvalue weighted by Crippen LogP contribution is 2.25. The number of hydrogen-bond donors (Lipinski definition) is 2. The minimum Gasteiger partial charge on any atom is -0.391 e. The second kappa shape index (κ2) is 4.23. The fraction of sp³-hybridized carbons (Fsp3) is 0.538. The molecule has 2 atom stereocenters. The molecule has 0 aromatic heterocycles. The van der Waals surface area contributed by atoms with E-state index in [0.717, 1.165) is 19.3 Å². The Morgan fingerprint density at radius 3 is 2.73 bits per heavy atom. The second-order valence-corrected chi connectivity index (χ2v) is 4.57. The summed E-state index contributed by atoms with van der Waals surface area (Å²) in [6.45, 7) is 4.19. The molecule has 0 heterocycles. The van der Waals surface area contributed by atoms with Crippen molar-refractivity contribution >= 4 is 5.69 Å². The van der Waals surface area contributed by atoms with E-state index in [1.54, 1.807) is 0 Å². The van der Waals surface area contributed by atoms with Crippen LogP contribution in [-0.4, -0.2) is 17.3 Å². The lowest BCUT2D eigenvalue weighted by molar-refractivity contribution is 0.172. The van der Waals surface area contributed by atoms with Crippen molar-refractivity contribution in [1.29, 1.82) is 0 Å². The number of benzene rings is 1. The molecule has 0 bridgehead atoms. The van der Waals surface area contributed by atoms with Crippen molar-refractivity contribution in [2.45, 2.75) is 45.3 Å². The smallest absolute Gasteiger partial charge is 0.0741 e. The zero-order valence-electron chi connectivity index (χ0n) is 9.46. The molecule has 1 aromatic rings. The van der Waals surface area contributed by atoms with Gasteiger partial charge in [-0.05, 0) is 50.3 Å². The standard InChI is InChI=1S/C13H19NO/c1-9-6-7-10(2)12(8-9)14-11-4-3-5-13(11)15/h6-8,11,13-15H,3-5H2,1-2H3. The number of nitrogens with one attached hydrogen (secondary N) is 1. The minimum absolute atomic E-state index is 0.176. The average molecular weight is 205 g/mol. The van der Waals surface area contributed by atoms with Crippen LogP contribution in [0.2, 0.25) is 0 Å². The zero-order valence-corrected chi connectivity index (χ0v) is 9.46. The molecule has 82 valence electrons. The molecule has 1 aliphatic rings. The van der Waals surface area contributed by atoms with E-state index in [1.807, 2.05) is 0 Å². The third-order valence-corrected chi connectivity index (χ3v) is 3.21. The van der Waals surface area contributed by atoms with Crippen LogP contribution in [0, 0.1) is 13.8 Å². The van der Waals surface area contributed by atoms with Gasteiger partial charge in [0, 0.05) is 5.69 Å². The van der Waals surface area contributed by atoms with Gasteiger partial charge in [-0.3, -0.25) is 0 Å². The van der Waals surface area contributed by atoms with Gasteiger partial charge in [0.25, 0.3) is 0 Å². The summed E-state index contributed by atoms with van der Waals surface area (Å²) in [5.74, 6) is 0. The maximum Gasteiger partial charge on any atom is 0.0741 e. The molecule has 1 saturated carbocycles. The normalized spacial score (nSPS) is 25.5. The third kappa shape index (κ3) is 2.32. The summed E-state index contributed by atoms with van der Waals surface area (Å²) < 4.78 is 0. The topological polar surface area (TPSA) is 32.3 Å². The predicted molar refractivity (Wildman–Crippen MR) is 63.2 cm³/mol. The van der Waals surface area contributed by atoms with E-state index in [-0.39, 0.29) is 12.1 Å². The van der Waals surface area contributed by atoms with E-state index in [9.17, 15) is 5.11 Å². The van der Waals surface area contributed by atoms with Crippen LogP contribution in [0.15, 0.2) is 18.2 Å².